The van der Waals surface area contributed by atoms with E-state index in [-0.39, 0.29) is 11.7 Å². The number of aromatic nitrogens is 1. The van der Waals surface area contributed by atoms with Crippen LogP contribution in [-0.2, 0) is 12.4 Å². The summed E-state index contributed by atoms with van der Waals surface area (Å²) in [4.78, 5) is 5.96. The molecule has 3 nitrogen and oxygen atoms in total. The molecule has 0 saturated carbocycles. The third-order valence-electron chi connectivity index (χ3n) is 2.60. The summed E-state index contributed by atoms with van der Waals surface area (Å²) >= 11 is 5.80. The number of aryl methyl sites for hydroxylation is 1. The second kappa shape index (κ2) is 5.40. The Morgan fingerprint density at radius 2 is 2.22 bits per heavy atom. The van der Waals surface area contributed by atoms with E-state index >= 15 is 0 Å². The van der Waals surface area contributed by atoms with Crippen LogP contribution in [0.3, 0.4) is 0 Å². The molecule has 2 aromatic rings. The molecule has 0 spiro atoms. The third kappa shape index (κ3) is 2.82. The maximum atomic E-state index is 13.1. The summed E-state index contributed by atoms with van der Waals surface area (Å²) in [6.07, 6.45) is 1.19. The summed E-state index contributed by atoms with van der Waals surface area (Å²) in [5.74, 6) is 2.21. The molecule has 0 aliphatic carbocycles. The summed E-state index contributed by atoms with van der Waals surface area (Å²) < 4.78 is 18.6. The zero-order valence-electron chi connectivity index (χ0n) is 10.3. The van der Waals surface area contributed by atoms with E-state index in [0.717, 1.165) is 11.5 Å². The van der Waals surface area contributed by atoms with Gasteiger partial charge in [0, 0.05) is 12.6 Å². The minimum atomic E-state index is -0.378. The highest BCUT2D eigenvalue weighted by molar-refractivity contribution is 6.17. The van der Waals surface area contributed by atoms with Gasteiger partial charge in [0.2, 0.25) is 0 Å². The van der Waals surface area contributed by atoms with Crippen molar-refractivity contribution >= 4 is 17.4 Å². The molecule has 2 heterocycles. The van der Waals surface area contributed by atoms with Crippen molar-refractivity contribution in [1.29, 1.82) is 0 Å². The molecule has 0 aliphatic rings. The van der Waals surface area contributed by atoms with Crippen LogP contribution in [0.5, 0.6) is 0 Å². The van der Waals surface area contributed by atoms with Gasteiger partial charge in [-0.1, -0.05) is 0 Å². The van der Waals surface area contributed by atoms with E-state index in [2.05, 4.69) is 4.98 Å². The maximum Gasteiger partial charge on any atom is 0.141 e. The summed E-state index contributed by atoms with van der Waals surface area (Å²) in [6.45, 7) is 2.46. The number of pyridine rings is 1. The van der Waals surface area contributed by atoms with Gasteiger partial charge < -0.3 is 9.32 Å². The molecule has 0 unspecified atom stereocenters. The first-order chi connectivity index (χ1) is 8.60. The normalized spacial score (nSPS) is 10.7. The van der Waals surface area contributed by atoms with Crippen molar-refractivity contribution in [1.82, 2.24) is 4.98 Å². The molecule has 0 amide bonds. The monoisotopic (exact) mass is 268 g/mol. The molecule has 0 aliphatic heterocycles. The van der Waals surface area contributed by atoms with E-state index in [1.54, 1.807) is 0 Å². The molecule has 0 saturated heterocycles. The summed E-state index contributed by atoms with van der Waals surface area (Å²) in [7, 11) is 1.87. The van der Waals surface area contributed by atoms with Crippen LogP contribution in [0, 0.1) is 12.7 Å². The van der Waals surface area contributed by atoms with E-state index in [4.69, 9.17) is 16.0 Å². The molecule has 0 fully saturated rings. The van der Waals surface area contributed by atoms with Crippen LogP contribution >= 0.6 is 11.6 Å². The molecule has 0 radical (unpaired) electrons. The molecule has 0 bridgehead atoms. The van der Waals surface area contributed by atoms with Gasteiger partial charge in [0.25, 0.3) is 0 Å². The van der Waals surface area contributed by atoms with E-state index in [1.165, 1.54) is 12.3 Å². The predicted octanol–water partition coefficient (Wildman–Crippen LogP) is 3.50. The second-order valence-corrected chi connectivity index (χ2v) is 4.41. The van der Waals surface area contributed by atoms with Gasteiger partial charge in [-0.2, -0.15) is 0 Å². The highest BCUT2D eigenvalue weighted by Gasteiger charge is 2.11. The zero-order chi connectivity index (χ0) is 13.1. The number of anilines is 1. The lowest BCUT2D eigenvalue weighted by molar-refractivity contribution is 0.481. The van der Waals surface area contributed by atoms with E-state index in [0.29, 0.717) is 17.9 Å². The molecular weight excluding hydrogens is 255 g/mol. The Balaban J connectivity index is 2.20. The van der Waals surface area contributed by atoms with Crippen LogP contribution in [0.25, 0.3) is 0 Å². The zero-order valence-corrected chi connectivity index (χ0v) is 11.0. The smallest absolute Gasteiger partial charge is 0.141 e. The van der Waals surface area contributed by atoms with Crippen LogP contribution in [0.4, 0.5) is 10.2 Å². The fraction of sp³-hybridized carbons (Fsp3) is 0.308. The number of alkyl halides is 1. The Morgan fingerprint density at radius 1 is 1.44 bits per heavy atom. The molecule has 18 heavy (non-hydrogen) atoms. The van der Waals surface area contributed by atoms with Gasteiger partial charge in [-0.15, -0.1) is 11.6 Å². The van der Waals surface area contributed by atoms with Crippen molar-refractivity contribution in [2.24, 2.45) is 0 Å². The Labute approximate surface area is 110 Å². The van der Waals surface area contributed by atoms with Gasteiger partial charge in [0.15, 0.2) is 0 Å². The fourth-order valence-electron chi connectivity index (χ4n) is 1.79. The van der Waals surface area contributed by atoms with E-state index in [1.807, 2.05) is 31.0 Å². The molecule has 2 aromatic heterocycles. The van der Waals surface area contributed by atoms with Gasteiger partial charge >= 0.3 is 0 Å². The van der Waals surface area contributed by atoms with Crippen molar-refractivity contribution in [3.63, 3.8) is 0 Å². The van der Waals surface area contributed by atoms with Crippen LogP contribution < -0.4 is 4.90 Å². The molecule has 2 rings (SSSR count). The highest BCUT2D eigenvalue weighted by Crippen LogP contribution is 2.21. The van der Waals surface area contributed by atoms with Crippen LogP contribution in [-0.4, -0.2) is 12.0 Å². The average molecular weight is 269 g/mol. The van der Waals surface area contributed by atoms with Crippen LogP contribution in [0.1, 0.15) is 17.1 Å². The summed E-state index contributed by atoms with van der Waals surface area (Å²) in [5, 5.41) is 0. The Kier molecular flexibility index (Phi) is 3.87. The lowest BCUT2D eigenvalue weighted by atomic mass is 10.2. The first kappa shape index (κ1) is 12.9. The Bertz CT molecular complexity index is 542. The van der Waals surface area contributed by atoms with Crippen molar-refractivity contribution in [2.75, 3.05) is 11.9 Å². The minimum absolute atomic E-state index is 0.224. The van der Waals surface area contributed by atoms with Gasteiger partial charge in [0.1, 0.15) is 23.2 Å². The van der Waals surface area contributed by atoms with Crippen molar-refractivity contribution in [3.8, 4) is 0 Å². The van der Waals surface area contributed by atoms with E-state index in [9.17, 15) is 4.39 Å². The topological polar surface area (TPSA) is 29.3 Å². The number of hydrogen-bond acceptors (Lipinski definition) is 3. The largest absolute Gasteiger partial charge is 0.464 e. The lowest BCUT2D eigenvalue weighted by Crippen LogP contribution is -2.19. The summed E-state index contributed by atoms with van der Waals surface area (Å²) in [6, 6.07) is 5.22. The van der Waals surface area contributed by atoms with Gasteiger partial charge in [0.05, 0.1) is 18.6 Å². The van der Waals surface area contributed by atoms with Crippen LogP contribution in [0.15, 0.2) is 28.8 Å². The lowest BCUT2D eigenvalue weighted by Gasteiger charge is -2.19. The minimum Gasteiger partial charge on any atom is -0.464 e. The SMILES string of the molecule is Cc1ccc(CN(C)c2ncc(F)cc2CCl)o1. The number of halogens is 2. The number of hydrogen-bond donors (Lipinski definition) is 0. The molecule has 0 aromatic carbocycles. The van der Waals surface area contributed by atoms with Gasteiger partial charge in [-0.25, -0.2) is 9.37 Å². The Morgan fingerprint density at radius 3 is 2.83 bits per heavy atom. The standard InChI is InChI=1S/C13H14ClFN2O/c1-9-3-4-12(18-9)8-17(2)13-10(6-14)5-11(15)7-16-13/h3-5,7H,6,8H2,1-2H3. The third-order valence-corrected chi connectivity index (χ3v) is 2.89. The Hall–Kier alpha value is -1.55. The predicted molar refractivity (Wildman–Crippen MR) is 69.3 cm³/mol. The van der Waals surface area contributed by atoms with Gasteiger partial charge in [-0.3, -0.25) is 0 Å². The van der Waals surface area contributed by atoms with Crippen molar-refractivity contribution < 1.29 is 8.81 Å². The molecule has 5 heteroatoms. The van der Waals surface area contributed by atoms with E-state index < -0.39 is 0 Å². The van der Waals surface area contributed by atoms with Crippen LogP contribution in [0.2, 0.25) is 0 Å². The first-order valence-electron chi connectivity index (χ1n) is 5.57. The highest BCUT2D eigenvalue weighted by atomic mass is 35.5. The molecule has 0 atom stereocenters. The van der Waals surface area contributed by atoms with Crippen molar-refractivity contribution in [2.45, 2.75) is 19.3 Å². The van der Waals surface area contributed by atoms with Crippen molar-refractivity contribution in [3.05, 3.63) is 47.3 Å². The number of nitrogens with zero attached hydrogens (tertiary/aromatic N) is 2. The quantitative estimate of drug-likeness (QED) is 0.795. The molecular formula is C13H14ClFN2O. The molecule has 0 N–H and O–H groups in total. The number of rotatable bonds is 4. The maximum absolute atomic E-state index is 13.1. The molecule has 96 valence electrons. The van der Waals surface area contributed by atoms with Gasteiger partial charge in [-0.05, 0) is 25.1 Å². The average Bonchev–Trinajstić information content (AvgIpc) is 2.74. The first-order valence-corrected chi connectivity index (χ1v) is 6.10. The number of furan rings is 1. The fourth-order valence-corrected chi connectivity index (χ4v) is 1.99. The summed E-state index contributed by atoms with van der Waals surface area (Å²) in [5.41, 5.74) is 0.669. The second-order valence-electron chi connectivity index (χ2n) is 4.14.